The minimum absolute atomic E-state index is 0.364. The van der Waals surface area contributed by atoms with Crippen LogP contribution in [0.15, 0.2) is 47.8 Å². The molecular formula is C19H17Cl3N4O4S. The standard InChI is InChI=1S/C19H17Cl3N4O4S/c20-10-3-9(5-23-6-10)14-7-26(25-24-14)16-17(28)15(8-27)30-19(18(16)29)31-11-1-2-12(21)13(22)4-11/h1-7,15-19,27-29H,8H2/t15-,16+,17+,18-,19-/m1/s1. The van der Waals surface area contributed by atoms with Gasteiger partial charge >= 0.3 is 0 Å². The van der Waals surface area contributed by atoms with E-state index in [9.17, 15) is 15.3 Å². The van der Waals surface area contributed by atoms with Gasteiger partial charge in [0.25, 0.3) is 0 Å². The lowest BCUT2D eigenvalue weighted by Crippen LogP contribution is -2.55. The van der Waals surface area contributed by atoms with E-state index in [1.165, 1.54) is 22.6 Å². The maximum absolute atomic E-state index is 11.0. The number of thioether (sulfide) groups is 1. The predicted octanol–water partition coefficient (Wildman–Crippen LogP) is 3.07. The summed E-state index contributed by atoms with van der Waals surface area (Å²) in [5, 5.41) is 40.8. The molecule has 4 rings (SSSR count). The Bertz CT molecular complexity index is 1070. The maximum Gasteiger partial charge on any atom is 0.136 e. The molecule has 12 heteroatoms. The van der Waals surface area contributed by atoms with Gasteiger partial charge in [0.05, 0.1) is 27.9 Å². The molecule has 3 N–H and O–H groups in total. The summed E-state index contributed by atoms with van der Waals surface area (Å²) < 4.78 is 7.10. The Hall–Kier alpha value is -1.43. The molecule has 0 radical (unpaired) electrons. The van der Waals surface area contributed by atoms with Gasteiger partial charge in [-0.3, -0.25) is 4.98 Å². The number of pyridine rings is 1. The molecule has 1 aromatic carbocycles. The van der Waals surface area contributed by atoms with Crippen molar-refractivity contribution < 1.29 is 20.1 Å². The lowest BCUT2D eigenvalue weighted by molar-refractivity contribution is -0.178. The molecule has 164 valence electrons. The van der Waals surface area contributed by atoms with Crippen molar-refractivity contribution in [2.24, 2.45) is 0 Å². The normalized spacial score (nSPS) is 26.2. The van der Waals surface area contributed by atoms with Crippen molar-refractivity contribution in [3.8, 4) is 11.3 Å². The Kier molecular flexibility index (Phi) is 7.04. The maximum atomic E-state index is 11.0. The molecule has 5 atom stereocenters. The van der Waals surface area contributed by atoms with Gasteiger partial charge in [0.2, 0.25) is 0 Å². The van der Waals surface area contributed by atoms with Gasteiger partial charge in [-0.1, -0.05) is 51.8 Å². The first-order valence-electron chi connectivity index (χ1n) is 9.14. The van der Waals surface area contributed by atoms with E-state index in [4.69, 9.17) is 39.5 Å². The van der Waals surface area contributed by atoms with Crippen LogP contribution in [0.4, 0.5) is 0 Å². The Balaban J connectivity index is 1.62. The van der Waals surface area contributed by atoms with Crippen molar-refractivity contribution in [1.82, 2.24) is 20.0 Å². The zero-order valence-corrected chi connectivity index (χ0v) is 18.8. The Labute approximate surface area is 196 Å². The zero-order valence-electron chi connectivity index (χ0n) is 15.7. The number of ether oxygens (including phenoxy) is 1. The van der Waals surface area contributed by atoms with Crippen LogP contribution in [-0.4, -0.2) is 65.7 Å². The van der Waals surface area contributed by atoms with Crippen molar-refractivity contribution in [1.29, 1.82) is 0 Å². The first kappa shape index (κ1) is 22.8. The molecule has 0 aliphatic carbocycles. The van der Waals surface area contributed by atoms with E-state index in [1.54, 1.807) is 36.7 Å². The summed E-state index contributed by atoms with van der Waals surface area (Å²) in [6, 6.07) is 5.79. The average Bonchev–Trinajstić information content (AvgIpc) is 3.22. The molecule has 0 spiro atoms. The number of halogens is 3. The highest BCUT2D eigenvalue weighted by molar-refractivity contribution is 7.99. The number of aromatic nitrogens is 4. The summed E-state index contributed by atoms with van der Waals surface area (Å²) in [5.41, 5.74) is 0.286. The van der Waals surface area contributed by atoms with Crippen LogP contribution in [0.3, 0.4) is 0 Å². The third kappa shape index (κ3) is 4.84. The minimum atomic E-state index is -1.22. The summed E-state index contributed by atoms with van der Waals surface area (Å²) in [4.78, 5) is 4.73. The van der Waals surface area contributed by atoms with E-state index in [0.717, 1.165) is 0 Å². The molecule has 1 fully saturated rings. The van der Waals surface area contributed by atoms with Gasteiger partial charge in [0, 0.05) is 22.9 Å². The van der Waals surface area contributed by atoms with E-state index in [0.29, 0.717) is 31.2 Å². The van der Waals surface area contributed by atoms with Gasteiger partial charge in [-0.25, -0.2) is 4.68 Å². The summed E-state index contributed by atoms with van der Waals surface area (Å²) in [5.74, 6) is 0. The topological polar surface area (TPSA) is 114 Å². The third-order valence-corrected chi connectivity index (χ3v) is 6.90. The monoisotopic (exact) mass is 502 g/mol. The number of hydrogen-bond donors (Lipinski definition) is 3. The molecule has 3 heterocycles. The van der Waals surface area contributed by atoms with Crippen LogP contribution in [0.1, 0.15) is 6.04 Å². The van der Waals surface area contributed by atoms with E-state index in [1.807, 2.05) is 0 Å². The van der Waals surface area contributed by atoms with Crippen LogP contribution < -0.4 is 0 Å². The van der Waals surface area contributed by atoms with Crippen LogP contribution >= 0.6 is 46.6 Å². The second kappa shape index (κ2) is 9.60. The highest BCUT2D eigenvalue weighted by atomic mass is 35.5. The largest absolute Gasteiger partial charge is 0.394 e. The summed E-state index contributed by atoms with van der Waals surface area (Å²) in [7, 11) is 0. The fourth-order valence-corrected chi connectivity index (χ4v) is 4.90. The molecule has 0 amide bonds. The predicted molar refractivity (Wildman–Crippen MR) is 117 cm³/mol. The third-order valence-electron chi connectivity index (χ3n) is 4.81. The van der Waals surface area contributed by atoms with Crippen molar-refractivity contribution in [3.05, 3.63) is 57.9 Å². The first-order valence-corrected chi connectivity index (χ1v) is 11.2. The van der Waals surface area contributed by atoms with Gasteiger partial charge in [0.15, 0.2) is 0 Å². The van der Waals surface area contributed by atoms with Crippen LogP contribution in [0, 0.1) is 0 Å². The molecule has 0 unspecified atom stereocenters. The second-order valence-corrected chi connectivity index (χ2v) is 9.29. The van der Waals surface area contributed by atoms with Crippen molar-refractivity contribution in [2.75, 3.05) is 6.61 Å². The molecule has 1 aliphatic heterocycles. The summed E-state index contributed by atoms with van der Waals surface area (Å²) in [6.45, 7) is -0.442. The van der Waals surface area contributed by atoms with Crippen molar-refractivity contribution >= 4 is 46.6 Å². The van der Waals surface area contributed by atoms with Crippen LogP contribution in [-0.2, 0) is 4.74 Å². The van der Waals surface area contributed by atoms with E-state index in [-0.39, 0.29) is 0 Å². The van der Waals surface area contributed by atoms with Crippen LogP contribution in [0.5, 0.6) is 0 Å². The Morgan fingerprint density at radius 2 is 1.87 bits per heavy atom. The van der Waals surface area contributed by atoms with Gasteiger partial charge in [-0.2, -0.15) is 0 Å². The van der Waals surface area contributed by atoms with Crippen LogP contribution in [0.25, 0.3) is 11.3 Å². The molecule has 0 saturated carbocycles. The Morgan fingerprint density at radius 1 is 1.06 bits per heavy atom. The summed E-state index contributed by atoms with van der Waals surface area (Å²) in [6.07, 6.45) is 1.32. The van der Waals surface area contributed by atoms with Gasteiger partial charge in [-0.05, 0) is 24.3 Å². The van der Waals surface area contributed by atoms with Gasteiger partial charge in [-0.15, -0.1) is 5.10 Å². The molecule has 3 aromatic rings. The molecule has 31 heavy (non-hydrogen) atoms. The molecular weight excluding hydrogens is 487 g/mol. The fourth-order valence-electron chi connectivity index (χ4n) is 3.27. The van der Waals surface area contributed by atoms with Gasteiger partial charge < -0.3 is 20.1 Å². The molecule has 0 bridgehead atoms. The van der Waals surface area contributed by atoms with Gasteiger partial charge in [0.1, 0.15) is 35.5 Å². The number of benzene rings is 1. The minimum Gasteiger partial charge on any atom is -0.394 e. The Morgan fingerprint density at radius 3 is 2.58 bits per heavy atom. The number of rotatable bonds is 5. The number of aliphatic hydroxyl groups is 3. The molecule has 8 nitrogen and oxygen atoms in total. The number of nitrogens with zero attached hydrogens (tertiary/aromatic N) is 4. The lowest BCUT2D eigenvalue weighted by atomic mass is 9.97. The fraction of sp³-hybridized carbons (Fsp3) is 0.316. The number of aliphatic hydroxyl groups excluding tert-OH is 3. The first-order chi connectivity index (χ1) is 14.9. The lowest BCUT2D eigenvalue weighted by Gasteiger charge is -2.41. The summed E-state index contributed by atoms with van der Waals surface area (Å²) >= 11 is 19.2. The second-order valence-electron chi connectivity index (χ2n) is 6.87. The average molecular weight is 504 g/mol. The SMILES string of the molecule is OC[C@H]1O[C@H](Sc2ccc(Cl)c(Cl)c2)[C@H](O)[C@@H](n2cc(-c3cncc(Cl)c3)nn2)[C@H]1O. The molecule has 2 aromatic heterocycles. The quantitative estimate of drug-likeness (QED) is 0.487. The highest BCUT2D eigenvalue weighted by Gasteiger charge is 2.46. The van der Waals surface area contributed by atoms with E-state index in [2.05, 4.69) is 15.3 Å². The molecule has 1 aliphatic rings. The van der Waals surface area contributed by atoms with E-state index >= 15 is 0 Å². The highest BCUT2D eigenvalue weighted by Crippen LogP contribution is 2.39. The zero-order chi connectivity index (χ0) is 22.1. The number of hydrogen-bond acceptors (Lipinski definition) is 8. The van der Waals surface area contributed by atoms with Crippen LogP contribution in [0.2, 0.25) is 15.1 Å². The molecule has 1 saturated heterocycles. The van der Waals surface area contributed by atoms with E-state index < -0.39 is 36.4 Å². The van der Waals surface area contributed by atoms with Crippen molar-refractivity contribution in [2.45, 2.75) is 34.7 Å². The van der Waals surface area contributed by atoms with Crippen molar-refractivity contribution in [3.63, 3.8) is 0 Å². The smallest absolute Gasteiger partial charge is 0.136 e.